The maximum Gasteiger partial charge on any atom is 0.192 e. The minimum Gasteiger partial charge on any atom is -0.379 e. The summed E-state index contributed by atoms with van der Waals surface area (Å²) in [6.45, 7) is 0.546. The highest BCUT2D eigenvalue weighted by molar-refractivity contribution is 6.30. The van der Waals surface area contributed by atoms with Gasteiger partial charge in [-0.2, -0.15) is 0 Å². The Bertz CT molecular complexity index is 980. The van der Waals surface area contributed by atoms with Crippen LogP contribution in [0.15, 0.2) is 96.3 Å². The first-order valence-electron chi connectivity index (χ1n) is 8.88. The standard InChI is InChI=1S/C23H19N3O/c27-23-21(17-8-3-1-4-9-17)14-20(16-25-19-11-5-2-6-12-19)26-22(23)18-10-7-13-24-15-18/h1-15,22,25H,16H2. The number of nitrogens with zero attached hydrogens (tertiary/aromatic N) is 2. The van der Waals surface area contributed by atoms with E-state index in [2.05, 4.69) is 10.3 Å². The molecule has 4 rings (SSSR count). The van der Waals surface area contributed by atoms with E-state index >= 15 is 0 Å². The molecule has 27 heavy (non-hydrogen) atoms. The Labute approximate surface area is 158 Å². The van der Waals surface area contributed by atoms with E-state index in [4.69, 9.17) is 4.99 Å². The first kappa shape index (κ1) is 16.9. The predicted octanol–water partition coefficient (Wildman–Crippen LogP) is 4.34. The SMILES string of the molecule is O=C1C(c2ccccc2)=CC(CNc2ccccc2)=NC1c1cccnc1. The molecular formula is C23H19N3O. The summed E-state index contributed by atoms with van der Waals surface area (Å²) in [6.07, 6.45) is 5.30. The van der Waals surface area contributed by atoms with Crippen molar-refractivity contribution in [2.24, 2.45) is 4.99 Å². The maximum absolute atomic E-state index is 13.1. The molecule has 3 aromatic rings. The molecule has 132 valence electrons. The van der Waals surface area contributed by atoms with Crippen molar-refractivity contribution in [1.29, 1.82) is 0 Å². The first-order valence-corrected chi connectivity index (χ1v) is 8.88. The van der Waals surface area contributed by atoms with Crippen molar-refractivity contribution in [3.8, 4) is 0 Å². The minimum absolute atomic E-state index is 0.00217. The average molecular weight is 353 g/mol. The van der Waals surface area contributed by atoms with Crippen LogP contribution in [-0.2, 0) is 4.79 Å². The number of dihydropyridines is 1. The lowest BCUT2D eigenvalue weighted by molar-refractivity contribution is -0.115. The van der Waals surface area contributed by atoms with E-state index in [9.17, 15) is 4.79 Å². The fraction of sp³-hybridized carbons (Fsp3) is 0.0870. The summed E-state index contributed by atoms with van der Waals surface area (Å²) < 4.78 is 0. The molecule has 0 fully saturated rings. The summed E-state index contributed by atoms with van der Waals surface area (Å²) >= 11 is 0. The maximum atomic E-state index is 13.1. The van der Waals surface area contributed by atoms with Crippen molar-refractivity contribution in [3.63, 3.8) is 0 Å². The Kier molecular flexibility index (Phi) is 4.88. The fourth-order valence-electron chi connectivity index (χ4n) is 3.10. The van der Waals surface area contributed by atoms with Crippen LogP contribution < -0.4 is 5.32 Å². The molecule has 0 spiro atoms. The normalized spacial score (nSPS) is 16.4. The third kappa shape index (κ3) is 3.85. The summed E-state index contributed by atoms with van der Waals surface area (Å²) in [5.41, 5.74) is 4.25. The van der Waals surface area contributed by atoms with Crippen LogP contribution in [0.3, 0.4) is 0 Å². The Morgan fingerprint density at radius 3 is 2.33 bits per heavy atom. The summed E-state index contributed by atoms with van der Waals surface area (Å²) in [5.74, 6) is -0.00217. The van der Waals surface area contributed by atoms with Crippen LogP contribution in [0.1, 0.15) is 17.2 Å². The summed E-state index contributed by atoms with van der Waals surface area (Å²) in [5, 5.41) is 3.37. The molecular weight excluding hydrogens is 334 g/mol. The molecule has 1 aromatic heterocycles. The second-order valence-electron chi connectivity index (χ2n) is 6.32. The van der Waals surface area contributed by atoms with Gasteiger partial charge in [-0.15, -0.1) is 0 Å². The second kappa shape index (κ2) is 7.79. The molecule has 4 nitrogen and oxygen atoms in total. The lowest BCUT2D eigenvalue weighted by Gasteiger charge is -2.21. The quantitative estimate of drug-likeness (QED) is 0.742. The van der Waals surface area contributed by atoms with Crippen molar-refractivity contribution in [3.05, 3.63) is 102 Å². The number of nitrogens with one attached hydrogen (secondary N) is 1. The van der Waals surface area contributed by atoms with Gasteiger partial charge in [0, 0.05) is 29.2 Å². The summed E-state index contributed by atoms with van der Waals surface area (Å²) in [6, 6.07) is 22.9. The molecule has 0 saturated heterocycles. The molecule has 1 atom stereocenters. The highest BCUT2D eigenvalue weighted by Crippen LogP contribution is 2.30. The van der Waals surface area contributed by atoms with Crippen LogP contribution >= 0.6 is 0 Å². The average Bonchev–Trinajstić information content (AvgIpc) is 2.75. The Morgan fingerprint density at radius 1 is 0.889 bits per heavy atom. The van der Waals surface area contributed by atoms with Gasteiger partial charge in [-0.3, -0.25) is 14.8 Å². The molecule has 0 bridgehead atoms. The van der Waals surface area contributed by atoms with Gasteiger partial charge in [-0.1, -0.05) is 54.6 Å². The van der Waals surface area contributed by atoms with Gasteiger partial charge in [0.25, 0.3) is 0 Å². The van der Waals surface area contributed by atoms with Crippen molar-refractivity contribution in [2.45, 2.75) is 6.04 Å². The van der Waals surface area contributed by atoms with Crippen molar-refractivity contribution in [2.75, 3.05) is 11.9 Å². The van der Waals surface area contributed by atoms with E-state index in [-0.39, 0.29) is 5.78 Å². The first-order chi connectivity index (χ1) is 13.3. The van der Waals surface area contributed by atoms with Gasteiger partial charge in [0.05, 0.1) is 12.3 Å². The van der Waals surface area contributed by atoms with E-state index in [1.807, 2.05) is 78.9 Å². The number of rotatable bonds is 5. The van der Waals surface area contributed by atoms with Crippen LogP contribution in [0.25, 0.3) is 5.57 Å². The second-order valence-corrected chi connectivity index (χ2v) is 6.32. The molecule has 1 aliphatic rings. The number of pyridine rings is 1. The molecule has 2 aromatic carbocycles. The molecule has 1 N–H and O–H groups in total. The lowest BCUT2D eigenvalue weighted by Crippen LogP contribution is -2.23. The number of ketones is 1. The summed E-state index contributed by atoms with van der Waals surface area (Å²) in [7, 11) is 0. The molecule has 0 saturated carbocycles. The van der Waals surface area contributed by atoms with Crippen LogP contribution in [-0.4, -0.2) is 23.0 Å². The third-order valence-corrected chi connectivity index (χ3v) is 4.45. The zero-order valence-electron chi connectivity index (χ0n) is 14.7. The monoisotopic (exact) mass is 353 g/mol. The number of hydrogen-bond donors (Lipinski definition) is 1. The van der Waals surface area contributed by atoms with Crippen molar-refractivity contribution < 1.29 is 4.79 Å². The van der Waals surface area contributed by atoms with Crippen LogP contribution in [0.4, 0.5) is 5.69 Å². The van der Waals surface area contributed by atoms with Crippen LogP contribution in [0, 0.1) is 0 Å². The van der Waals surface area contributed by atoms with Gasteiger partial charge in [0.1, 0.15) is 6.04 Å². The smallest absolute Gasteiger partial charge is 0.192 e. The number of benzene rings is 2. The number of para-hydroxylation sites is 1. The van der Waals surface area contributed by atoms with Crippen LogP contribution in [0.5, 0.6) is 0 Å². The fourth-order valence-corrected chi connectivity index (χ4v) is 3.10. The van der Waals surface area contributed by atoms with E-state index in [0.29, 0.717) is 12.1 Å². The van der Waals surface area contributed by atoms with Crippen LogP contribution in [0.2, 0.25) is 0 Å². The van der Waals surface area contributed by atoms with Gasteiger partial charge >= 0.3 is 0 Å². The molecule has 0 aliphatic carbocycles. The van der Waals surface area contributed by atoms with Gasteiger partial charge in [-0.05, 0) is 29.8 Å². The number of anilines is 1. The van der Waals surface area contributed by atoms with E-state index in [1.54, 1.807) is 12.4 Å². The van der Waals surface area contributed by atoms with Gasteiger partial charge in [0.2, 0.25) is 0 Å². The van der Waals surface area contributed by atoms with Crippen molar-refractivity contribution >= 4 is 22.8 Å². The largest absolute Gasteiger partial charge is 0.379 e. The molecule has 2 heterocycles. The third-order valence-electron chi connectivity index (χ3n) is 4.45. The molecule has 1 unspecified atom stereocenters. The topological polar surface area (TPSA) is 54.4 Å². The predicted molar refractivity (Wildman–Crippen MR) is 109 cm³/mol. The number of Topliss-reactive ketones (excluding diaryl/α,β-unsaturated/α-hetero) is 1. The van der Waals surface area contributed by atoms with Crippen molar-refractivity contribution in [1.82, 2.24) is 4.98 Å². The number of aromatic nitrogens is 1. The highest BCUT2D eigenvalue weighted by Gasteiger charge is 2.28. The molecule has 0 radical (unpaired) electrons. The van der Waals surface area contributed by atoms with E-state index in [1.165, 1.54) is 0 Å². The lowest BCUT2D eigenvalue weighted by atomic mass is 9.90. The Morgan fingerprint density at radius 2 is 1.63 bits per heavy atom. The summed E-state index contributed by atoms with van der Waals surface area (Å²) in [4.78, 5) is 22.0. The minimum atomic E-state index is -0.563. The molecule has 1 aliphatic heterocycles. The van der Waals surface area contributed by atoms with E-state index in [0.717, 1.165) is 22.5 Å². The number of hydrogen-bond acceptors (Lipinski definition) is 4. The van der Waals surface area contributed by atoms with E-state index < -0.39 is 6.04 Å². The molecule has 0 amide bonds. The highest BCUT2D eigenvalue weighted by atomic mass is 16.1. The van der Waals surface area contributed by atoms with Gasteiger partial charge < -0.3 is 5.32 Å². The zero-order chi connectivity index (χ0) is 18.5. The zero-order valence-corrected chi connectivity index (χ0v) is 14.7. The Balaban J connectivity index is 1.68. The number of carbonyl (C=O) groups is 1. The number of aliphatic imine (C=N–C) groups is 1. The van der Waals surface area contributed by atoms with Gasteiger partial charge in [0.15, 0.2) is 5.78 Å². The number of carbonyl (C=O) groups excluding carboxylic acids is 1. The van der Waals surface area contributed by atoms with Gasteiger partial charge in [-0.25, -0.2) is 0 Å². The molecule has 4 heteroatoms. The Hall–Kier alpha value is -3.53.